The highest BCUT2D eigenvalue weighted by Crippen LogP contribution is 2.38. The topological polar surface area (TPSA) is 64.9 Å². The van der Waals surface area contributed by atoms with Crippen LogP contribution in [0.1, 0.15) is 19.3 Å². The van der Waals surface area contributed by atoms with E-state index in [1.807, 2.05) is 0 Å². The molecule has 2 aliphatic heterocycles. The molecule has 2 heterocycles. The smallest absolute Gasteiger partial charge is 0.210 e. The number of allylic oxidation sites excluding steroid dienone is 2. The lowest BCUT2D eigenvalue weighted by atomic mass is 10.3. The fourth-order valence-electron chi connectivity index (χ4n) is 2.08. The molecule has 0 saturated heterocycles. The van der Waals surface area contributed by atoms with E-state index in [1.54, 1.807) is 11.2 Å². The van der Waals surface area contributed by atoms with Crippen LogP contribution < -0.4 is 5.43 Å². The van der Waals surface area contributed by atoms with E-state index in [4.69, 9.17) is 11.6 Å². The van der Waals surface area contributed by atoms with E-state index in [0.29, 0.717) is 5.75 Å². The van der Waals surface area contributed by atoms with Gasteiger partial charge in [0.25, 0.3) is 0 Å². The number of alkyl halides is 1. The number of hydrazine groups is 1. The monoisotopic (exact) mass is 275 g/mol. The van der Waals surface area contributed by atoms with Crippen molar-refractivity contribution in [2.75, 3.05) is 12.4 Å². The van der Waals surface area contributed by atoms with E-state index >= 15 is 0 Å². The van der Waals surface area contributed by atoms with Gasteiger partial charge in [0.05, 0.1) is 33.5 Å². The second-order valence-corrected chi connectivity index (χ2v) is 6.55. The first-order chi connectivity index (χ1) is 8.15. The van der Waals surface area contributed by atoms with Crippen LogP contribution in [0.5, 0.6) is 0 Å². The zero-order valence-corrected chi connectivity index (χ0v) is 10.8. The maximum absolute atomic E-state index is 11.7. The number of hydrogen-bond acceptors (Lipinski definition) is 5. The Morgan fingerprint density at radius 3 is 3.12 bits per heavy atom. The zero-order valence-electron chi connectivity index (χ0n) is 9.23. The van der Waals surface area contributed by atoms with Crippen molar-refractivity contribution >= 4 is 28.6 Å². The molecule has 1 aliphatic carbocycles. The van der Waals surface area contributed by atoms with Crippen molar-refractivity contribution in [3.63, 3.8) is 0 Å². The molecule has 7 heteroatoms. The van der Waals surface area contributed by atoms with Crippen LogP contribution in [-0.4, -0.2) is 44.1 Å². The van der Waals surface area contributed by atoms with Crippen LogP contribution in [0.3, 0.4) is 0 Å². The maximum atomic E-state index is 11.7. The van der Waals surface area contributed by atoms with Crippen LogP contribution in [0.15, 0.2) is 15.6 Å². The van der Waals surface area contributed by atoms with Gasteiger partial charge in [-0.3, -0.25) is 14.2 Å². The highest BCUT2D eigenvalue weighted by Gasteiger charge is 2.46. The van der Waals surface area contributed by atoms with Crippen molar-refractivity contribution in [2.24, 2.45) is 4.99 Å². The Bertz CT molecular complexity index is 433. The van der Waals surface area contributed by atoms with Crippen LogP contribution in [0.4, 0.5) is 0 Å². The second kappa shape index (κ2) is 4.05. The number of aliphatic hydroxyl groups excluding tert-OH is 1. The van der Waals surface area contributed by atoms with Gasteiger partial charge >= 0.3 is 0 Å². The number of aliphatic imine (C=N–C) groups is 1. The van der Waals surface area contributed by atoms with Crippen molar-refractivity contribution in [1.82, 2.24) is 10.4 Å². The Kier molecular flexibility index (Phi) is 2.77. The summed E-state index contributed by atoms with van der Waals surface area (Å²) in [6.45, 7) is 0.0858. The lowest BCUT2D eigenvalue weighted by Crippen LogP contribution is -2.51. The molecule has 0 amide bonds. The van der Waals surface area contributed by atoms with Gasteiger partial charge in [0, 0.05) is 18.4 Å². The minimum atomic E-state index is -0.957. The largest absolute Gasteiger partial charge is 0.394 e. The van der Waals surface area contributed by atoms with E-state index in [2.05, 4.69) is 10.4 Å². The summed E-state index contributed by atoms with van der Waals surface area (Å²) >= 11 is 6.14. The van der Waals surface area contributed by atoms with Gasteiger partial charge in [-0.2, -0.15) is 0 Å². The predicted molar refractivity (Wildman–Crippen MR) is 66.8 cm³/mol. The summed E-state index contributed by atoms with van der Waals surface area (Å²) in [5.74, 6) is 0.630. The van der Waals surface area contributed by atoms with Crippen molar-refractivity contribution in [1.29, 1.82) is 0 Å². The van der Waals surface area contributed by atoms with E-state index < -0.39 is 16.4 Å². The third kappa shape index (κ3) is 1.93. The van der Waals surface area contributed by atoms with Crippen molar-refractivity contribution in [2.45, 2.75) is 30.4 Å². The number of hydrogen-bond donors (Lipinski definition) is 2. The maximum Gasteiger partial charge on any atom is 0.210 e. The first kappa shape index (κ1) is 11.6. The van der Waals surface area contributed by atoms with Crippen LogP contribution in [0.25, 0.3) is 0 Å². The van der Waals surface area contributed by atoms with Gasteiger partial charge in [0.1, 0.15) is 0 Å². The molecule has 0 spiro atoms. The molecule has 0 radical (unpaired) electrons. The Hall–Kier alpha value is -0.430. The summed E-state index contributed by atoms with van der Waals surface area (Å²) in [4.78, 5) is 4.89. The molecule has 3 rings (SSSR count). The van der Waals surface area contributed by atoms with Crippen LogP contribution >= 0.6 is 11.6 Å². The molecule has 17 heavy (non-hydrogen) atoms. The number of halogens is 1. The van der Waals surface area contributed by atoms with E-state index in [1.165, 1.54) is 0 Å². The van der Waals surface area contributed by atoms with Crippen LogP contribution in [-0.2, 0) is 10.8 Å². The second-order valence-electron chi connectivity index (χ2n) is 4.62. The fraction of sp³-hybridized carbons (Fsp3) is 0.700. The number of nitrogens with zero attached hydrogens (tertiary/aromatic N) is 2. The minimum absolute atomic E-state index is 0.0858. The van der Waals surface area contributed by atoms with Gasteiger partial charge < -0.3 is 5.11 Å². The molecule has 0 bridgehead atoms. The summed E-state index contributed by atoms with van der Waals surface area (Å²) in [7, 11) is -0.957. The molecule has 1 saturated carbocycles. The molecule has 3 aliphatic rings. The molecule has 0 aromatic heterocycles. The molecule has 0 aromatic carbocycles. The van der Waals surface area contributed by atoms with Gasteiger partial charge in [-0.15, -0.1) is 0 Å². The van der Waals surface area contributed by atoms with Crippen LogP contribution in [0, 0.1) is 0 Å². The normalized spacial score (nSPS) is 34.1. The molecule has 2 N–H and O–H groups in total. The van der Waals surface area contributed by atoms with Crippen LogP contribution in [0.2, 0.25) is 0 Å². The lowest BCUT2D eigenvalue weighted by molar-refractivity contribution is 0.127. The predicted octanol–water partition coefficient (Wildman–Crippen LogP) is 0.289. The Labute approximate surface area is 107 Å². The van der Waals surface area contributed by atoms with Gasteiger partial charge in [-0.1, -0.05) is 11.6 Å². The number of nitrogens with one attached hydrogen (secondary N) is 1. The number of aliphatic hydroxyl groups is 1. The van der Waals surface area contributed by atoms with E-state index in [-0.39, 0.29) is 12.1 Å². The summed E-state index contributed by atoms with van der Waals surface area (Å²) in [5, 5.41) is 11.1. The average Bonchev–Trinajstić information content (AvgIpc) is 3.01. The molecule has 2 unspecified atom stereocenters. The van der Waals surface area contributed by atoms with Crippen molar-refractivity contribution < 1.29 is 9.32 Å². The quantitative estimate of drug-likeness (QED) is 0.574. The third-order valence-corrected chi connectivity index (χ3v) is 5.10. The Morgan fingerprint density at radius 1 is 1.71 bits per heavy atom. The highest BCUT2D eigenvalue weighted by atomic mass is 35.5. The van der Waals surface area contributed by atoms with Crippen molar-refractivity contribution in [3.8, 4) is 0 Å². The highest BCUT2D eigenvalue weighted by molar-refractivity contribution is 7.90. The first-order valence-electron chi connectivity index (χ1n) is 5.62. The molecular weight excluding hydrogens is 262 g/mol. The molecule has 2 atom stereocenters. The molecule has 0 aromatic rings. The van der Waals surface area contributed by atoms with E-state index in [9.17, 15) is 9.32 Å². The van der Waals surface area contributed by atoms with Gasteiger partial charge in [0.15, 0.2) is 0 Å². The Balaban J connectivity index is 1.85. The molecule has 5 nitrogen and oxygen atoms in total. The Morgan fingerprint density at radius 2 is 2.47 bits per heavy atom. The van der Waals surface area contributed by atoms with Crippen molar-refractivity contribution in [3.05, 3.63) is 10.6 Å². The minimum Gasteiger partial charge on any atom is -0.394 e. The fourth-order valence-corrected chi connectivity index (χ4v) is 3.55. The summed E-state index contributed by atoms with van der Waals surface area (Å²) in [6, 6.07) is 0. The third-order valence-electron chi connectivity index (χ3n) is 3.39. The first-order valence-corrected chi connectivity index (χ1v) is 7.37. The zero-order chi connectivity index (χ0) is 12.0. The van der Waals surface area contributed by atoms with E-state index in [0.717, 1.165) is 29.9 Å². The molecule has 94 valence electrons. The summed E-state index contributed by atoms with van der Waals surface area (Å²) in [6.07, 6.45) is 4.22. The summed E-state index contributed by atoms with van der Waals surface area (Å²) in [5.41, 5.74) is 3.43. The SMILES string of the molecule is O=S1CCC2=C1C=NC(Cl)N2NC1(CO)CC1. The molecule has 1 fully saturated rings. The van der Waals surface area contributed by atoms with Gasteiger partial charge in [-0.05, 0) is 12.8 Å². The molecular formula is C10H14ClN3O2S. The standard InChI is InChI=1S/C10H14ClN3O2S/c11-9-12-5-8-7(1-4-17(8)16)14(9)13-10(6-15)2-3-10/h5,9,13,15H,1-4,6H2. The summed E-state index contributed by atoms with van der Waals surface area (Å²) < 4.78 is 11.7. The van der Waals surface area contributed by atoms with Gasteiger partial charge in [0.2, 0.25) is 5.62 Å². The number of rotatable bonds is 3. The average molecular weight is 276 g/mol. The lowest BCUT2D eigenvalue weighted by Gasteiger charge is -2.34. The van der Waals surface area contributed by atoms with Gasteiger partial charge in [-0.25, -0.2) is 5.43 Å².